The van der Waals surface area contributed by atoms with E-state index in [0.717, 1.165) is 12.0 Å². The van der Waals surface area contributed by atoms with Crippen LogP contribution in [0.1, 0.15) is 18.1 Å². The van der Waals surface area contributed by atoms with Gasteiger partial charge in [-0.25, -0.2) is 0 Å². The summed E-state index contributed by atoms with van der Waals surface area (Å²) in [4.78, 5) is 0. The van der Waals surface area contributed by atoms with Crippen LogP contribution in [0, 0.1) is 6.92 Å². The molecule has 0 aliphatic heterocycles. The van der Waals surface area contributed by atoms with E-state index in [1.165, 1.54) is 5.56 Å². The van der Waals surface area contributed by atoms with Crippen LogP contribution in [0.15, 0.2) is 24.3 Å². The molecule has 0 heterocycles. The molecule has 0 N–H and O–H groups in total. The minimum absolute atomic E-state index is 0. The van der Waals surface area contributed by atoms with Crippen LogP contribution in [-0.4, -0.2) is 0 Å². The zero-order valence-corrected chi connectivity index (χ0v) is 9.85. The summed E-state index contributed by atoms with van der Waals surface area (Å²) in [7, 11) is 0. The van der Waals surface area contributed by atoms with Gasteiger partial charge in [-0.1, -0.05) is 13.0 Å². The van der Waals surface area contributed by atoms with Gasteiger partial charge < -0.3 is 0 Å². The second-order valence-electron chi connectivity index (χ2n) is 2.17. The number of hydrogen-bond acceptors (Lipinski definition) is 0. The van der Waals surface area contributed by atoms with E-state index in [9.17, 15) is 0 Å². The van der Waals surface area contributed by atoms with Gasteiger partial charge in [0.25, 0.3) is 0 Å². The van der Waals surface area contributed by atoms with Crippen molar-refractivity contribution in [2.24, 2.45) is 0 Å². The zero-order valence-electron chi connectivity index (χ0n) is 6.72. The molecule has 0 aliphatic carbocycles. The summed E-state index contributed by atoms with van der Waals surface area (Å²) in [5.41, 5.74) is 2.47. The number of rotatable bonds is 1. The molecule has 0 unspecified atom stereocenters. The minimum atomic E-state index is 0. The molecule has 10 heavy (non-hydrogen) atoms. The summed E-state index contributed by atoms with van der Waals surface area (Å²) in [6, 6.07) is 8.29. The topological polar surface area (TPSA) is 0 Å². The Morgan fingerprint density at radius 3 is 2.50 bits per heavy atom. The largest absolute Gasteiger partial charge is 1.00 e. The van der Waals surface area contributed by atoms with Crippen LogP contribution in [0.2, 0.25) is 0 Å². The third-order valence-corrected chi connectivity index (χ3v) is 1.40. The molecule has 1 aromatic carbocycles. The Morgan fingerprint density at radius 1 is 1.40 bits per heavy atom. The third kappa shape index (κ3) is 3.22. The Hall–Kier alpha value is 0.726. The van der Waals surface area contributed by atoms with Crippen LogP contribution in [0.3, 0.4) is 0 Å². The predicted molar refractivity (Wildman–Crippen MR) is 40.3 cm³/mol. The summed E-state index contributed by atoms with van der Waals surface area (Å²) in [6.07, 6.45) is 1.10. The van der Waals surface area contributed by atoms with Crippen molar-refractivity contribution in [3.05, 3.63) is 42.3 Å². The van der Waals surface area contributed by atoms with E-state index in [0.29, 0.717) is 0 Å². The molecule has 48 valence electrons. The molecule has 1 heteroatoms. The Balaban J connectivity index is 0.000000810. The molecule has 0 saturated carbocycles. The molecule has 0 bridgehead atoms. The van der Waals surface area contributed by atoms with E-state index in [4.69, 9.17) is 0 Å². The fourth-order valence-corrected chi connectivity index (χ4v) is 0.850. The Morgan fingerprint density at radius 2 is 2.10 bits per heavy atom. The van der Waals surface area contributed by atoms with Crippen molar-refractivity contribution in [3.8, 4) is 0 Å². The molecule has 0 aliphatic rings. The molecule has 1 rings (SSSR count). The molecule has 1 aromatic rings. The zero-order chi connectivity index (χ0) is 6.69. The second kappa shape index (κ2) is 5.39. The molecule has 0 saturated heterocycles. The van der Waals surface area contributed by atoms with Gasteiger partial charge in [0.05, 0.1) is 0 Å². The Bertz CT molecular complexity index is 194. The van der Waals surface area contributed by atoms with Crippen molar-refractivity contribution in [3.63, 3.8) is 0 Å². The Kier molecular flexibility index (Phi) is 5.78. The van der Waals surface area contributed by atoms with Gasteiger partial charge in [0.15, 0.2) is 0 Å². The number of benzene rings is 1. The predicted octanol–water partition coefficient (Wildman–Crippen LogP) is -0.565. The smallest absolute Gasteiger partial charge is 0.199 e. The van der Waals surface area contributed by atoms with Crippen molar-refractivity contribution in [1.29, 1.82) is 0 Å². The van der Waals surface area contributed by atoms with E-state index in [1.807, 2.05) is 12.1 Å². The second-order valence-corrected chi connectivity index (χ2v) is 2.17. The fourth-order valence-electron chi connectivity index (χ4n) is 0.850. The molecule has 0 atom stereocenters. The first kappa shape index (κ1) is 10.7. The molecule has 0 radical (unpaired) electrons. The maximum absolute atomic E-state index is 3.83. The van der Waals surface area contributed by atoms with Crippen molar-refractivity contribution >= 4 is 0 Å². The van der Waals surface area contributed by atoms with Crippen LogP contribution < -0.4 is 51.4 Å². The normalized spacial score (nSPS) is 8.50. The summed E-state index contributed by atoms with van der Waals surface area (Å²) in [5.74, 6) is 0. The van der Waals surface area contributed by atoms with Crippen LogP contribution in [0.5, 0.6) is 0 Å². The average molecular weight is 158 g/mol. The van der Waals surface area contributed by atoms with Crippen molar-refractivity contribution < 1.29 is 51.4 Å². The first-order valence-corrected chi connectivity index (χ1v) is 3.24. The van der Waals surface area contributed by atoms with Gasteiger partial charge in [0.1, 0.15) is 0 Å². The molecule has 0 fully saturated rings. The molecular weight excluding hydrogens is 147 g/mol. The van der Waals surface area contributed by atoms with Crippen molar-refractivity contribution in [2.45, 2.75) is 13.3 Å². The molecule has 0 nitrogen and oxygen atoms in total. The SMILES string of the molecule is [CH2-]c1cccc(CC)c1.[K+]. The number of hydrogen-bond donors (Lipinski definition) is 0. The van der Waals surface area contributed by atoms with E-state index >= 15 is 0 Å². The maximum atomic E-state index is 3.83. The summed E-state index contributed by atoms with van der Waals surface area (Å²) in [6.45, 7) is 5.98. The minimum Gasteiger partial charge on any atom is -0.199 e. The van der Waals surface area contributed by atoms with Gasteiger partial charge >= 0.3 is 51.4 Å². The molecular formula is C9H11K. The summed E-state index contributed by atoms with van der Waals surface area (Å²) in [5, 5.41) is 0. The molecule has 0 aromatic heterocycles. The van der Waals surface area contributed by atoms with Gasteiger partial charge in [0.2, 0.25) is 0 Å². The molecule has 0 spiro atoms. The van der Waals surface area contributed by atoms with Crippen molar-refractivity contribution in [1.82, 2.24) is 0 Å². The third-order valence-electron chi connectivity index (χ3n) is 1.40. The maximum Gasteiger partial charge on any atom is 1.00 e. The van der Waals surface area contributed by atoms with Crippen molar-refractivity contribution in [2.75, 3.05) is 0 Å². The first-order valence-electron chi connectivity index (χ1n) is 3.24. The van der Waals surface area contributed by atoms with Crippen LogP contribution in [-0.2, 0) is 6.42 Å². The van der Waals surface area contributed by atoms with E-state index in [1.54, 1.807) is 0 Å². The van der Waals surface area contributed by atoms with E-state index < -0.39 is 0 Å². The fraction of sp³-hybridized carbons (Fsp3) is 0.222. The van der Waals surface area contributed by atoms with Crippen LogP contribution in [0.4, 0.5) is 0 Å². The van der Waals surface area contributed by atoms with Crippen LogP contribution in [0.25, 0.3) is 0 Å². The monoisotopic (exact) mass is 158 g/mol. The quantitative estimate of drug-likeness (QED) is 0.379. The number of aryl methyl sites for hydroxylation is 1. The standard InChI is InChI=1S/C9H11.K/c1-3-9-6-4-5-8(2)7-9;/h4-7H,2-3H2,1H3;/q-1;+1. The van der Waals surface area contributed by atoms with E-state index in [-0.39, 0.29) is 51.4 Å². The summed E-state index contributed by atoms with van der Waals surface area (Å²) < 4.78 is 0. The van der Waals surface area contributed by atoms with Gasteiger partial charge in [-0.15, -0.1) is 11.6 Å². The first-order chi connectivity index (χ1) is 4.33. The van der Waals surface area contributed by atoms with Gasteiger partial charge in [-0.3, -0.25) is 0 Å². The summed E-state index contributed by atoms with van der Waals surface area (Å²) >= 11 is 0. The van der Waals surface area contributed by atoms with Gasteiger partial charge in [0, 0.05) is 0 Å². The van der Waals surface area contributed by atoms with E-state index in [2.05, 4.69) is 26.0 Å². The average Bonchev–Trinajstić information content (AvgIpc) is 1.88. The molecule has 0 amide bonds. The Labute approximate surface area is 105 Å². The van der Waals surface area contributed by atoms with Gasteiger partial charge in [-0.05, 0) is 6.42 Å². The van der Waals surface area contributed by atoms with Gasteiger partial charge in [-0.2, -0.15) is 24.6 Å². The van der Waals surface area contributed by atoms with Crippen LogP contribution >= 0.6 is 0 Å².